The van der Waals surface area contributed by atoms with Gasteiger partial charge in [0.1, 0.15) is 0 Å². The quantitative estimate of drug-likeness (QED) is 0.826. The van der Waals surface area contributed by atoms with Gasteiger partial charge < -0.3 is 11.1 Å². The average Bonchev–Trinajstić information content (AvgIpc) is 3.19. The van der Waals surface area contributed by atoms with Crippen LogP contribution in [-0.2, 0) is 4.79 Å². The molecule has 1 amide bonds. The molecule has 0 spiro atoms. The molecule has 1 unspecified atom stereocenters. The smallest absolute Gasteiger partial charge is 0.227 e. The molecule has 2 rings (SSSR count). The number of carbonyl (C=O) groups excluding carboxylic acids is 1. The van der Waals surface area contributed by atoms with Gasteiger partial charge in [0.2, 0.25) is 5.91 Å². The van der Waals surface area contributed by atoms with Crippen LogP contribution in [0, 0.1) is 11.3 Å². The Hall–Kier alpha value is -1.35. The number of nitrogens with two attached hydrogens (primary N) is 1. The lowest BCUT2D eigenvalue weighted by Gasteiger charge is -2.23. The third-order valence-corrected chi connectivity index (χ3v) is 3.94. The summed E-state index contributed by atoms with van der Waals surface area (Å²) in [6, 6.07) is 10.3. The molecule has 1 saturated carbocycles. The van der Waals surface area contributed by atoms with Crippen molar-refractivity contribution in [3.63, 3.8) is 0 Å². The Balaban J connectivity index is 2.08. The van der Waals surface area contributed by atoms with Crippen LogP contribution in [0.5, 0.6) is 0 Å². The monoisotopic (exact) mass is 260 g/mol. The van der Waals surface area contributed by atoms with Crippen molar-refractivity contribution >= 4 is 5.91 Å². The van der Waals surface area contributed by atoms with E-state index in [0.717, 1.165) is 19.3 Å². The molecule has 0 saturated heterocycles. The zero-order chi connectivity index (χ0) is 13.9. The van der Waals surface area contributed by atoms with Crippen LogP contribution in [0.2, 0.25) is 0 Å². The predicted octanol–water partition coefficient (Wildman–Crippen LogP) is 2.63. The SMILES string of the molecule is CC(C)CC(NC(=O)C1(CN)CC1)c1ccccc1. The van der Waals surface area contributed by atoms with E-state index in [9.17, 15) is 4.79 Å². The molecular weight excluding hydrogens is 236 g/mol. The Morgan fingerprint density at radius 1 is 1.32 bits per heavy atom. The van der Waals surface area contributed by atoms with Gasteiger partial charge in [0, 0.05) is 6.54 Å². The predicted molar refractivity (Wildman–Crippen MR) is 77.5 cm³/mol. The van der Waals surface area contributed by atoms with Crippen LogP contribution >= 0.6 is 0 Å². The minimum absolute atomic E-state index is 0.0951. The van der Waals surface area contributed by atoms with E-state index in [1.54, 1.807) is 0 Å². The van der Waals surface area contributed by atoms with E-state index >= 15 is 0 Å². The van der Waals surface area contributed by atoms with Crippen LogP contribution < -0.4 is 11.1 Å². The minimum atomic E-state index is -0.274. The van der Waals surface area contributed by atoms with E-state index in [1.807, 2.05) is 18.2 Å². The molecule has 1 fully saturated rings. The van der Waals surface area contributed by atoms with Crippen molar-refractivity contribution in [1.82, 2.24) is 5.32 Å². The number of nitrogens with one attached hydrogen (secondary N) is 1. The molecule has 19 heavy (non-hydrogen) atoms. The lowest BCUT2D eigenvalue weighted by molar-refractivity contribution is -0.126. The maximum Gasteiger partial charge on any atom is 0.227 e. The first-order valence-corrected chi connectivity index (χ1v) is 7.13. The van der Waals surface area contributed by atoms with Gasteiger partial charge in [-0.3, -0.25) is 4.79 Å². The first kappa shape index (κ1) is 14.1. The lowest BCUT2D eigenvalue weighted by Crippen LogP contribution is -2.39. The number of rotatable bonds is 6. The molecule has 0 radical (unpaired) electrons. The fourth-order valence-electron chi connectivity index (χ4n) is 2.42. The minimum Gasteiger partial charge on any atom is -0.349 e. The summed E-state index contributed by atoms with van der Waals surface area (Å²) < 4.78 is 0. The van der Waals surface area contributed by atoms with E-state index in [1.165, 1.54) is 5.56 Å². The Bertz CT molecular complexity index is 424. The maximum absolute atomic E-state index is 12.3. The Kier molecular flexibility index (Phi) is 4.25. The average molecular weight is 260 g/mol. The molecule has 0 aliphatic heterocycles. The molecule has 3 N–H and O–H groups in total. The van der Waals surface area contributed by atoms with Crippen LogP contribution in [-0.4, -0.2) is 12.5 Å². The standard InChI is InChI=1S/C16H24N2O/c1-12(2)10-14(13-6-4-3-5-7-13)18-15(19)16(11-17)8-9-16/h3-7,12,14H,8-11,17H2,1-2H3,(H,18,19). The molecule has 1 aromatic rings. The number of benzene rings is 1. The molecular formula is C16H24N2O. The summed E-state index contributed by atoms with van der Waals surface area (Å²) in [5, 5.41) is 3.20. The molecule has 0 heterocycles. The number of amides is 1. The molecule has 3 heteroatoms. The molecule has 1 atom stereocenters. The van der Waals surface area contributed by atoms with E-state index < -0.39 is 0 Å². The second-order valence-electron chi connectivity index (χ2n) is 6.05. The third-order valence-electron chi connectivity index (χ3n) is 3.94. The van der Waals surface area contributed by atoms with Crippen LogP contribution in [0.15, 0.2) is 30.3 Å². The molecule has 104 valence electrons. The molecule has 0 aromatic heterocycles. The summed E-state index contributed by atoms with van der Waals surface area (Å²) in [5.41, 5.74) is 6.63. The largest absolute Gasteiger partial charge is 0.349 e. The maximum atomic E-state index is 12.3. The lowest BCUT2D eigenvalue weighted by atomic mass is 9.95. The zero-order valence-electron chi connectivity index (χ0n) is 11.9. The van der Waals surface area contributed by atoms with Crippen LogP contribution in [0.1, 0.15) is 44.7 Å². The van der Waals surface area contributed by atoms with Gasteiger partial charge in [0.15, 0.2) is 0 Å². The van der Waals surface area contributed by atoms with Crippen molar-refractivity contribution < 1.29 is 4.79 Å². The normalized spacial score (nSPS) is 18.1. The van der Waals surface area contributed by atoms with Crippen molar-refractivity contribution in [3.05, 3.63) is 35.9 Å². The second kappa shape index (κ2) is 5.74. The molecule has 0 bridgehead atoms. The number of hydrogen-bond acceptors (Lipinski definition) is 2. The summed E-state index contributed by atoms with van der Waals surface area (Å²) >= 11 is 0. The van der Waals surface area contributed by atoms with E-state index in [2.05, 4.69) is 31.3 Å². The van der Waals surface area contributed by atoms with E-state index in [0.29, 0.717) is 12.5 Å². The molecule has 3 nitrogen and oxygen atoms in total. The van der Waals surface area contributed by atoms with Crippen molar-refractivity contribution in [1.29, 1.82) is 0 Å². The van der Waals surface area contributed by atoms with Crippen LogP contribution in [0.3, 0.4) is 0 Å². The van der Waals surface area contributed by atoms with Gasteiger partial charge >= 0.3 is 0 Å². The number of hydrogen-bond donors (Lipinski definition) is 2. The highest BCUT2D eigenvalue weighted by atomic mass is 16.2. The van der Waals surface area contributed by atoms with Crippen molar-refractivity contribution in [2.75, 3.05) is 6.54 Å². The van der Waals surface area contributed by atoms with Crippen molar-refractivity contribution in [2.45, 2.75) is 39.2 Å². The van der Waals surface area contributed by atoms with Gasteiger partial charge in [-0.1, -0.05) is 44.2 Å². The Morgan fingerprint density at radius 2 is 1.95 bits per heavy atom. The number of carbonyl (C=O) groups is 1. The molecule has 1 aliphatic rings. The van der Waals surface area contributed by atoms with Gasteiger partial charge in [-0.15, -0.1) is 0 Å². The molecule has 1 aromatic carbocycles. The topological polar surface area (TPSA) is 55.1 Å². The highest BCUT2D eigenvalue weighted by Gasteiger charge is 2.48. The van der Waals surface area contributed by atoms with Crippen molar-refractivity contribution in [3.8, 4) is 0 Å². The van der Waals surface area contributed by atoms with Gasteiger partial charge in [0.25, 0.3) is 0 Å². The summed E-state index contributed by atoms with van der Waals surface area (Å²) in [7, 11) is 0. The second-order valence-corrected chi connectivity index (χ2v) is 6.05. The fraction of sp³-hybridized carbons (Fsp3) is 0.562. The van der Waals surface area contributed by atoms with Gasteiger partial charge in [0.05, 0.1) is 11.5 Å². The highest BCUT2D eigenvalue weighted by molar-refractivity contribution is 5.85. The van der Waals surface area contributed by atoms with E-state index in [-0.39, 0.29) is 17.4 Å². The first-order chi connectivity index (χ1) is 9.07. The van der Waals surface area contributed by atoms with Crippen LogP contribution in [0.25, 0.3) is 0 Å². The van der Waals surface area contributed by atoms with Crippen molar-refractivity contribution in [2.24, 2.45) is 17.1 Å². The van der Waals surface area contributed by atoms with Gasteiger partial charge in [-0.05, 0) is 30.7 Å². The fourth-order valence-corrected chi connectivity index (χ4v) is 2.42. The summed E-state index contributed by atoms with van der Waals surface area (Å²) in [4.78, 5) is 12.3. The Labute approximate surface area is 115 Å². The summed E-state index contributed by atoms with van der Waals surface area (Å²) in [6.45, 7) is 4.82. The van der Waals surface area contributed by atoms with E-state index in [4.69, 9.17) is 5.73 Å². The van der Waals surface area contributed by atoms with Gasteiger partial charge in [-0.2, -0.15) is 0 Å². The van der Waals surface area contributed by atoms with Crippen LogP contribution in [0.4, 0.5) is 0 Å². The molecule has 1 aliphatic carbocycles. The summed E-state index contributed by atoms with van der Waals surface area (Å²) in [6.07, 6.45) is 2.81. The zero-order valence-corrected chi connectivity index (χ0v) is 11.9. The summed E-state index contributed by atoms with van der Waals surface area (Å²) in [5.74, 6) is 0.669. The third kappa shape index (κ3) is 3.35. The highest BCUT2D eigenvalue weighted by Crippen LogP contribution is 2.45. The van der Waals surface area contributed by atoms with Gasteiger partial charge in [-0.25, -0.2) is 0 Å². The Morgan fingerprint density at radius 3 is 2.42 bits per heavy atom. The first-order valence-electron chi connectivity index (χ1n) is 7.13.